The van der Waals surface area contributed by atoms with Gasteiger partial charge < -0.3 is 14.2 Å². The van der Waals surface area contributed by atoms with E-state index in [1.165, 1.54) is 26.4 Å². The molecule has 0 fully saturated rings. The standard InChI is InChI=1S/C28H34O4S/c1-5-7-14-30-17-23(32-28(29)20(3)4)18-31-19-27-25-11-9-8-10-21(25)15-22-12-13-24(33-6-2)16-26(22)27/h8-13,15-16,23H,3,5-7,14,17-19H2,1-2,4H3. The van der Waals surface area contributed by atoms with E-state index >= 15 is 0 Å². The Labute approximate surface area is 201 Å². The molecule has 0 bridgehead atoms. The number of esters is 1. The first-order valence-electron chi connectivity index (χ1n) is 11.6. The Morgan fingerprint density at radius 3 is 2.52 bits per heavy atom. The van der Waals surface area contributed by atoms with E-state index in [0.29, 0.717) is 25.4 Å². The summed E-state index contributed by atoms with van der Waals surface area (Å²) >= 11 is 1.83. The highest BCUT2D eigenvalue weighted by molar-refractivity contribution is 7.99. The first-order chi connectivity index (χ1) is 16.0. The van der Waals surface area contributed by atoms with Gasteiger partial charge in [-0.3, -0.25) is 0 Å². The zero-order valence-electron chi connectivity index (χ0n) is 19.9. The molecule has 0 N–H and O–H groups in total. The second-order valence-corrected chi connectivity index (χ2v) is 9.48. The number of ether oxygens (including phenoxy) is 3. The summed E-state index contributed by atoms with van der Waals surface area (Å²) in [5.74, 6) is 0.609. The molecule has 1 atom stereocenters. The van der Waals surface area contributed by atoms with Gasteiger partial charge in [0.05, 0.1) is 19.8 Å². The van der Waals surface area contributed by atoms with Crippen LogP contribution < -0.4 is 0 Å². The van der Waals surface area contributed by atoms with Crippen LogP contribution in [-0.4, -0.2) is 37.6 Å². The van der Waals surface area contributed by atoms with Crippen LogP contribution in [0.5, 0.6) is 0 Å². The molecular formula is C28H34O4S. The lowest BCUT2D eigenvalue weighted by molar-refractivity contribution is -0.151. The van der Waals surface area contributed by atoms with Crippen molar-refractivity contribution in [2.45, 2.75) is 51.2 Å². The summed E-state index contributed by atoms with van der Waals surface area (Å²) in [6, 6.07) is 17.2. The molecule has 176 valence electrons. The highest BCUT2D eigenvalue weighted by Gasteiger charge is 2.17. The molecule has 4 nitrogen and oxygen atoms in total. The van der Waals surface area contributed by atoms with E-state index in [9.17, 15) is 4.79 Å². The fraction of sp³-hybridized carbons (Fsp3) is 0.393. The number of hydrogen-bond acceptors (Lipinski definition) is 5. The first kappa shape index (κ1) is 25.3. The maximum Gasteiger partial charge on any atom is 0.333 e. The van der Waals surface area contributed by atoms with Gasteiger partial charge >= 0.3 is 5.97 Å². The Bertz CT molecular complexity index is 1090. The van der Waals surface area contributed by atoms with Crippen LogP contribution in [0, 0.1) is 0 Å². The van der Waals surface area contributed by atoms with Crippen LogP contribution in [0.15, 0.2) is 65.6 Å². The summed E-state index contributed by atoms with van der Waals surface area (Å²) in [5, 5.41) is 4.76. The van der Waals surface area contributed by atoms with E-state index in [1.54, 1.807) is 6.92 Å². The lowest BCUT2D eigenvalue weighted by Gasteiger charge is -2.19. The maximum absolute atomic E-state index is 12.1. The van der Waals surface area contributed by atoms with Crippen LogP contribution in [0.2, 0.25) is 0 Å². The molecule has 33 heavy (non-hydrogen) atoms. The molecule has 0 saturated heterocycles. The van der Waals surface area contributed by atoms with Crippen LogP contribution in [0.25, 0.3) is 21.5 Å². The Morgan fingerprint density at radius 1 is 1.00 bits per heavy atom. The minimum absolute atomic E-state index is 0.263. The van der Waals surface area contributed by atoms with Gasteiger partial charge in [0.1, 0.15) is 6.10 Å². The highest BCUT2D eigenvalue weighted by Crippen LogP contribution is 2.32. The van der Waals surface area contributed by atoms with Crippen molar-refractivity contribution in [3.8, 4) is 0 Å². The minimum atomic E-state index is -0.474. The predicted molar refractivity (Wildman–Crippen MR) is 138 cm³/mol. The molecule has 1 unspecified atom stereocenters. The minimum Gasteiger partial charge on any atom is -0.454 e. The summed E-state index contributed by atoms with van der Waals surface area (Å²) in [5.41, 5.74) is 1.52. The molecule has 0 aliphatic rings. The zero-order valence-corrected chi connectivity index (χ0v) is 20.7. The molecule has 0 spiro atoms. The zero-order chi connectivity index (χ0) is 23.6. The van der Waals surface area contributed by atoms with E-state index < -0.39 is 12.1 Å². The predicted octanol–water partition coefficient (Wildman–Crippen LogP) is 6.93. The Kier molecular flexibility index (Phi) is 9.79. The van der Waals surface area contributed by atoms with Crippen LogP contribution in [0.1, 0.15) is 39.2 Å². The number of rotatable bonds is 13. The van der Waals surface area contributed by atoms with Gasteiger partial charge in [-0.05, 0) is 64.4 Å². The van der Waals surface area contributed by atoms with Gasteiger partial charge in [-0.2, -0.15) is 0 Å². The molecule has 3 aromatic rings. The monoisotopic (exact) mass is 466 g/mol. The summed E-state index contributed by atoms with van der Waals surface area (Å²) in [6.45, 7) is 11.2. The van der Waals surface area contributed by atoms with Crippen molar-refractivity contribution in [3.63, 3.8) is 0 Å². The Hall–Kier alpha value is -2.34. The van der Waals surface area contributed by atoms with Gasteiger partial charge in [0.15, 0.2) is 0 Å². The van der Waals surface area contributed by atoms with Gasteiger partial charge in [-0.1, -0.05) is 57.2 Å². The Balaban J connectivity index is 1.81. The van der Waals surface area contributed by atoms with E-state index in [1.807, 2.05) is 11.8 Å². The lowest BCUT2D eigenvalue weighted by Crippen LogP contribution is -2.29. The fourth-order valence-corrected chi connectivity index (χ4v) is 4.37. The Morgan fingerprint density at radius 2 is 1.76 bits per heavy atom. The quantitative estimate of drug-likeness (QED) is 0.0899. The van der Waals surface area contributed by atoms with Crippen LogP contribution in [-0.2, 0) is 25.6 Å². The normalized spacial score (nSPS) is 12.2. The average Bonchev–Trinajstić information content (AvgIpc) is 2.81. The summed E-state index contributed by atoms with van der Waals surface area (Å²) in [7, 11) is 0. The average molecular weight is 467 g/mol. The molecule has 0 aliphatic carbocycles. The molecule has 0 saturated carbocycles. The van der Waals surface area contributed by atoms with E-state index in [0.717, 1.165) is 24.2 Å². The van der Waals surface area contributed by atoms with Gasteiger partial charge in [-0.15, -0.1) is 11.8 Å². The topological polar surface area (TPSA) is 44.8 Å². The molecule has 0 radical (unpaired) electrons. The number of hydrogen-bond donors (Lipinski definition) is 0. The number of carbonyl (C=O) groups is 1. The number of carbonyl (C=O) groups excluding carboxylic acids is 1. The van der Waals surface area contributed by atoms with Gasteiger partial charge in [0.2, 0.25) is 0 Å². The maximum atomic E-state index is 12.1. The van der Waals surface area contributed by atoms with Crippen molar-refractivity contribution in [1.29, 1.82) is 0 Å². The van der Waals surface area contributed by atoms with Crippen molar-refractivity contribution in [3.05, 3.63) is 66.2 Å². The van der Waals surface area contributed by atoms with Crippen molar-refractivity contribution in [1.82, 2.24) is 0 Å². The van der Waals surface area contributed by atoms with Gasteiger partial charge in [0.25, 0.3) is 0 Å². The molecule has 0 aliphatic heterocycles. The van der Waals surface area contributed by atoms with Crippen LogP contribution >= 0.6 is 11.8 Å². The fourth-order valence-electron chi connectivity index (χ4n) is 3.67. The van der Waals surface area contributed by atoms with Crippen molar-refractivity contribution >= 4 is 39.3 Å². The number of unbranched alkanes of at least 4 members (excludes halogenated alkanes) is 1. The smallest absolute Gasteiger partial charge is 0.333 e. The van der Waals surface area contributed by atoms with E-state index in [2.05, 4.69) is 69.0 Å². The highest BCUT2D eigenvalue weighted by atomic mass is 32.2. The SMILES string of the molecule is C=C(C)C(=O)OC(COCCCC)COCc1c2ccccc2cc2ccc(SCC)cc12. The third kappa shape index (κ3) is 7.07. The van der Waals surface area contributed by atoms with Crippen molar-refractivity contribution in [2.24, 2.45) is 0 Å². The second kappa shape index (κ2) is 12.8. The third-order valence-corrected chi connectivity index (χ3v) is 6.25. The summed E-state index contributed by atoms with van der Waals surface area (Å²) in [6.07, 6.45) is 1.56. The molecule has 3 aromatic carbocycles. The van der Waals surface area contributed by atoms with E-state index in [-0.39, 0.29) is 6.61 Å². The number of thioether (sulfide) groups is 1. The molecule has 0 heterocycles. The van der Waals surface area contributed by atoms with Crippen LogP contribution in [0.4, 0.5) is 0 Å². The molecular weight excluding hydrogens is 432 g/mol. The van der Waals surface area contributed by atoms with Gasteiger partial charge in [0, 0.05) is 17.1 Å². The molecule has 0 amide bonds. The summed E-state index contributed by atoms with van der Waals surface area (Å²) in [4.78, 5) is 13.3. The summed E-state index contributed by atoms with van der Waals surface area (Å²) < 4.78 is 17.4. The third-order valence-electron chi connectivity index (χ3n) is 5.38. The first-order valence-corrected chi connectivity index (χ1v) is 12.6. The van der Waals surface area contributed by atoms with Gasteiger partial charge in [-0.25, -0.2) is 4.79 Å². The van der Waals surface area contributed by atoms with E-state index in [4.69, 9.17) is 14.2 Å². The molecule has 0 aromatic heterocycles. The van der Waals surface area contributed by atoms with Crippen LogP contribution in [0.3, 0.4) is 0 Å². The largest absolute Gasteiger partial charge is 0.454 e. The van der Waals surface area contributed by atoms with Crippen molar-refractivity contribution < 1.29 is 19.0 Å². The van der Waals surface area contributed by atoms with Crippen molar-refractivity contribution in [2.75, 3.05) is 25.6 Å². The second-order valence-electron chi connectivity index (χ2n) is 8.14. The molecule has 3 rings (SSSR count). The number of benzene rings is 3. The lowest BCUT2D eigenvalue weighted by atomic mass is 9.97. The number of fused-ring (bicyclic) bond motifs is 2. The molecule has 5 heteroatoms.